The van der Waals surface area contributed by atoms with Crippen LogP contribution in [0.4, 0.5) is 16.3 Å². The van der Waals surface area contributed by atoms with Gasteiger partial charge in [0.05, 0.1) is 19.0 Å². The first-order valence-corrected chi connectivity index (χ1v) is 6.87. The molecule has 0 saturated carbocycles. The fourth-order valence-corrected chi connectivity index (χ4v) is 2.32. The fourth-order valence-electron chi connectivity index (χ4n) is 2.05. The first-order valence-electron chi connectivity index (χ1n) is 6.49. The van der Waals surface area contributed by atoms with E-state index in [0.717, 1.165) is 17.5 Å². The number of carbonyl (C=O) groups is 1. The zero-order chi connectivity index (χ0) is 15.4. The molecular weight excluding hydrogens is 292 g/mol. The second-order valence-electron chi connectivity index (χ2n) is 4.51. The molecule has 7 heteroatoms. The molecule has 3 N–H and O–H groups in total. The maximum atomic E-state index is 12.1. The number of hydrogen-bond donors (Lipinski definition) is 3. The van der Waals surface area contributed by atoms with Gasteiger partial charge in [-0.05, 0) is 31.0 Å². The normalized spacial score (nSPS) is 10.3. The molecule has 2 rings (SSSR count). The largest absolute Gasteiger partial charge is 0.494 e. The van der Waals surface area contributed by atoms with Crippen LogP contribution in [-0.4, -0.2) is 23.3 Å². The molecular formula is C14H17ClN4O2. The number of aryl methyl sites for hydroxylation is 2. The van der Waals surface area contributed by atoms with Crippen molar-refractivity contribution in [1.29, 1.82) is 0 Å². The summed E-state index contributed by atoms with van der Waals surface area (Å²) in [5, 5.41) is 12.6. The predicted molar refractivity (Wildman–Crippen MR) is 83.3 cm³/mol. The fraction of sp³-hybridized carbons (Fsp3) is 0.286. The van der Waals surface area contributed by atoms with Gasteiger partial charge in [0.25, 0.3) is 0 Å². The van der Waals surface area contributed by atoms with Crippen LogP contribution in [0, 0.1) is 6.92 Å². The number of nitrogens with one attached hydrogen (secondary N) is 3. The van der Waals surface area contributed by atoms with E-state index in [1.165, 1.54) is 0 Å². The van der Waals surface area contributed by atoms with Gasteiger partial charge in [-0.15, -0.1) is 0 Å². The number of anilines is 2. The lowest BCUT2D eigenvalue weighted by Gasteiger charge is -2.13. The summed E-state index contributed by atoms with van der Waals surface area (Å²) in [5.41, 5.74) is 2.29. The molecule has 0 spiro atoms. The van der Waals surface area contributed by atoms with Crippen LogP contribution in [0.25, 0.3) is 0 Å². The highest BCUT2D eigenvalue weighted by molar-refractivity contribution is 6.31. The van der Waals surface area contributed by atoms with E-state index < -0.39 is 6.03 Å². The summed E-state index contributed by atoms with van der Waals surface area (Å²) in [6.07, 6.45) is 2.45. The molecule has 2 amide bonds. The average molecular weight is 309 g/mol. The standard InChI is InChI=1S/C14H17ClN4O2/c1-4-9-7-16-19-13(9)18-14(20)17-11-6-10(15)5-8(2)12(11)21-3/h5-7H,4H2,1-3H3,(H3,16,17,18,19,20). The Kier molecular flexibility index (Phi) is 4.70. The number of carbonyl (C=O) groups excluding carboxylic acids is 1. The Labute approximate surface area is 127 Å². The molecule has 0 unspecified atom stereocenters. The maximum Gasteiger partial charge on any atom is 0.324 e. The average Bonchev–Trinajstić information content (AvgIpc) is 2.85. The van der Waals surface area contributed by atoms with Crippen LogP contribution in [0.2, 0.25) is 5.02 Å². The smallest absolute Gasteiger partial charge is 0.324 e. The monoisotopic (exact) mass is 308 g/mol. The van der Waals surface area contributed by atoms with Gasteiger partial charge in [-0.25, -0.2) is 4.79 Å². The Balaban J connectivity index is 2.16. The third-order valence-electron chi connectivity index (χ3n) is 3.03. The molecule has 0 radical (unpaired) electrons. The van der Waals surface area contributed by atoms with Crippen LogP contribution in [0.3, 0.4) is 0 Å². The highest BCUT2D eigenvalue weighted by Gasteiger charge is 2.13. The molecule has 0 fully saturated rings. The van der Waals surface area contributed by atoms with Crippen molar-refractivity contribution in [3.63, 3.8) is 0 Å². The van der Waals surface area contributed by atoms with Crippen LogP contribution < -0.4 is 15.4 Å². The molecule has 1 aromatic carbocycles. The summed E-state index contributed by atoms with van der Waals surface area (Å²) in [5.74, 6) is 1.16. The van der Waals surface area contributed by atoms with Crippen LogP contribution in [0.1, 0.15) is 18.1 Å². The Hall–Kier alpha value is -2.21. The van der Waals surface area contributed by atoms with Crippen molar-refractivity contribution in [2.75, 3.05) is 17.7 Å². The minimum Gasteiger partial charge on any atom is -0.494 e. The zero-order valence-corrected chi connectivity index (χ0v) is 12.8. The number of halogens is 1. The molecule has 1 heterocycles. The number of H-pyrrole nitrogens is 1. The lowest BCUT2D eigenvalue weighted by Crippen LogP contribution is -2.21. The quantitative estimate of drug-likeness (QED) is 0.807. The van der Waals surface area contributed by atoms with Gasteiger partial charge < -0.3 is 10.1 Å². The maximum absolute atomic E-state index is 12.1. The number of aromatic amines is 1. The van der Waals surface area contributed by atoms with Gasteiger partial charge in [-0.1, -0.05) is 18.5 Å². The summed E-state index contributed by atoms with van der Waals surface area (Å²) < 4.78 is 5.29. The highest BCUT2D eigenvalue weighted by atomic mass is 35.5. The van der Waals surface area contributed by atoms with Gasteiger partial charge in [0.1, 0.15) is 11.6 Å². The Morgan fingerprint density at radius 2 is 2.19 bits per heavy atom. The molecule has 0 aliphatic heterocycles. The van der Waals surface area contributed by atoms with Gasteiger partial charge >= 0.3 is 6.03 Å². The number of aromatic nitrogens is 2. The van der Waals surface area contributed by atoms with E-state index in [9.17, 15) is 4.79 Å². The van der Waals surface area contributed by atoms with E-state index in [1.807, 2.05) is 13.8 Å². The number of hydrogen-bond acceptors (Lipinski definition) is 3. The van der Waals surface area contributed by atoms with E-state index >= 15 is 0 Å². The number of nitrogens with zero attached hydrogens (tertiary/aromatic N) is 1. The molecule has 112 valence electrons. The molecule has 0 saturated heterocycles. The minimum atomic E-state index is -0.395. The van der Waals surface area contributed by atoms with Gasteiger partial charge in [-0.3, -0.25) is 10.4 Å². The van der Waals surface area contributed by atoms with Gasteiger partial charge in [0.2, 0.25) is 0 Å². The van der Waals surface area contributed by atoms with Crippen LogP contribution >= 0.6 is 11.6 Å². The van der Waals surface area contributed by atoms with Crippen LogP contribution in [0.15, 0.2) is 18.3 Å². The summed E-state index contributed by atoms with van der Waals surface area (Å²) in [7, 11) is 1.55. The van der Waals surface area contributed by atoms with Crippen molar-refractivity contribution in [3.8, 4) is 5.75 Å². The number of methoxy groups -OCH3 is 1. The summed E-state index contributed by atoms with van der Waals surface area (Å²) >= 11 is 6.01. The second kappa shape index (κ2) is 6.49. The van der Waals surface area contributed by atoms with E-state index in [-0.39, 0.29) is 0 Å². The van der Waals surface area contributed by atoms with Crippen molar-refractivity contribution in [2.45, 2.75) is 20.3 Å². The second-order valence-corrected chi connectivity index (χ2v) is 4.94. The highest BCUT2D eigenvalue weighted by Crippen LogP contribution is 2.32. The van der Waals surface area contributed by atoms with Gasteiger partial charge in [-0.2, -0.15) is 5.10 Å². The van der Waals surface area contributed by atoms with Crippen LogP contribution in [-0.2, 0) is 6.42 Å². The number of benzene rings is 1. The van der Waals surface area contributed by atoms with Crippen LogP contribution in [0.5, 0.6) is 5.75 Å². The molecule has 6 nitrogen and oxygen atoms in total. The third-order valence-corrected chi connectivity index (χ3v) is 3.25. The van der Waals surface area contributed by atoms with Crippen molar-refractivity contribution in [3.05, 3.63) is 34.5 Å². The SMILES string of the molecule is CCc1cn[nH]c1NC(=O)Nc1cc(Cl)cc(C)c1OC. The third kappa shape index (κ3) is 3.46. The van der Waals surface area contributed by atoms with Crippen molar-refractivity contribution in [1.82, 2.24) is 10.2 Å². The van der Waals surface area contributed by atoms with E-state index in [1.54, 1.807) is 25.4 Å². The number of rotatable bonds is 4. The summed E-state index contributed by atoms with van der Waals surface area (Å²) in [6.45, 7) is 3.84. The molecule has 0 bridgehead atoms. The Bertz CT molecular complexity index is 654. The van der Waals surface area contributed by atoms with Crippen molar-refractivity contribution < 1.29 is 9.53 Å². The van der Waals surface area contributed by atoms with Gasteiger partial charge in [0, 0.05) is 10.6 Å². The van der Waals surface area contributed by atoms with E-state index in [0.29, 0.717) is 22.3 Å². The van der Waals surface area contributed by atoms with E-state index in [2.05, 4.69) is 20.8 Å². The molecule has 2 aromatic rings. The number of amides is 2. The summed E-state index contributed by atoms with van der Waals surface area (Å²) in [4.78, 5) is 12.1. The lowest BCUT2D eigenvalue weighted by atomic mass is 10.2. The van der Waals surface area contributed by atoms with Gasteiger partial charge in [0.15, 0.2) is 0 Å². The summed E-state index contributed by atoms with van der Waals surface area (Å²) in [6, 6.07) is 3.02. The molecule has 21 heavy (non-hydrogen) atoms. The molecule has 0 aliphatic carbocycles. The molecule has 0 atom stereocenters. The minimum absolute atomic E-state index is 0.395. The Morgan fingerprint density at radius 1 is 1.43 bits per heavy atom. The molecule has 1 aromatic heterocycles. The number of urea groups is 1. The lowest BCUT2D eigenvalue weighted by molar-refractivity contribution is 0.262. The zero-order valence-electron chi connectivity index (χ0n) is 12.1. The van der Waals surface area contributed by atoms with Crippen molar-refractivity contribution >= 4 is 29.1 Å². The first kappa shape index (κ1) is 15.2. The van der Waals surface area contributed by atoms with Crippen molar-refractivity contribution in [2.24, 2.45) is 0 Å². The predicted octanol–water partition coefficient (Wildman–Crippen LogP) is 3.59. The molecule has 0 aliphatic rings. The Morgan fingerprint density at radius 3 is 2.86 bits per heavy atom. The van der Waals surface area contributed by atoms with E-state index in [4.69, 9.17) is 16.3 Å². The first-order chi connectivity index (χ1) is 10.0. The number of ether oxygens (including phenoxy) is 1. The topological polar surface area (TPSA) is 79.0 Å².